The topological polar surface area (TPSA) is 78.3 Å². The minimum absolute atomic E-state index is 0.542. The van der Waals surface area contributed by atoms with Crippen LogP contribution in [-0.4, -0.2) is 33.2 Å². The first-order valence-corrected chi connectivity index (χ1v) is 6.79. The molecule has 3 aromatic rings. The summed E-state index contributed by atoms with van der Waals surface area (Å²) in [6.45, 7) is 2.49. The molecule has 1 aromatic carbocycles. The van der Waals surface area contributed by atoms with E-state index in [0.717, 1.165) is 34.3 Å². The molecule has 0 bridgehead atoms. The predicted molar refractivity (Wildman–Crippen MR) is 80.3 cm³/mol. The van der Waals surface area contributed by atoms with E-state index < -0.39 is 0 Å². The Morgan fingerprint density at radius 2 is 1.95 bits per heavy atom. The number of methoxy groups -OCH3 is 1. The van der Waals surface area contributed by atoms with Crippen molar-refractivity contribution < 1.29 is 4.74 Å². The van der Waals surface area contributed by atoms with Crippen LogP contribution in [0.2, 0.25) is 0 Å². The lowest BCUT2D eigenvalue weighted by atomic mass is 10.1. The Balaban J connectivity index is 2.07. The normalized spacial score (nSPS) is 11.0. The summed E-state index contributed by atoms with van der Waals surface area (Å²) in [5, 5.41) is 8.39. The third-order valence-corrected chi connectivity index (χ3v) is 3.38. The van der Waals surface area contributed by atoms with Crippen LogP contribution in [0.1, 0.15) is 11.6 Å². The first kappa shape index (κ1) is 13.5. The second-order valence-corrected chi connectivity index (χ2v) is 4.77. The Bertz CT molecular complexity index is 764. The molecular formula is C15H17N5O. The van der Waals surface area contributed by atoms with Crippen LogP contribution in [0.4, 0.5) is 0 Å². The molecule has 0 radical (unpaired) electrons. The van der Waals surface area contributed by atoms with Crippen LogP contribution in [-0.2, 0) is 6.42 Å². The number of fused-ring (bicyclic) bond motifs is 1. The highest BCUT2D eigenvalue weighted by Crippen LogP contribution is 2.22. The van der Waals surface area contributed by atoms with Crippen LogP contribution in [0.25, 0.3) is 16.9 Å². The molecule has 0 aliphatic rings. The van der Waals surface area contributed by atoms with Crippen LogP contribution in [0.3, 0.4) is 0 Å². The number of benzene rings is 1. The van der Waals surface area contributed by atoms with E-state index in [1.54, 1.807) is 7.11 Å². The van der Waals surface area contributed by atoms with Crippen LogP contribution < -0.4 is 10.5 Å². The van der Waals surface area contributed by atoms with Gasteiger partial charge in [0.25, 0.3) is 0 Å². The minimum atomic E-state index is 0.542. The molecule has 0 fully saturated rings. The van der Waals surface area contributed by atoms with Crippen molar-refractivity contribution in [3.63, 3.8) is 0 Å². The zero-order chi connectivity index (χ0) is 14.8. The summed E-state index contributed by atoms with van der Waals surface area (Å²) in [5.41, 5.74) is 8.27. The number of aromatic nitrogens is 4. The van der Waals surface area contributed by atoms with E-state index in [9.17, 15) is 0 Å². The number of aryl methyl sites for hydroxylation is 1. The highest BCUT2D eigenvalue weighted by molar-refractivity contribution is 5.64. The fourth-order valence-electron chi connectivity index (χ4n) is 2.36. The highest BCUT2D eigenvalue weighted by Gasteiger charge is 2.11. The van der Waals surface area contributed by atoms with E-state index in [1.807, 2.05) is 41.7 Å². The SMILES string of the molecule is COc1ccc(-c2cc3nnc(CCN)n3c(C)n2)cc1. The number of hydrogen-bond acceptors (Lipinski definition) is 5. The zero-order valence-corrected chi connectivity index (χ0v) is 12.1. The van der Waals surface area contributed by atoms with Crippen molar-refractivity contribution in [1.82, 2.24) is 19.6 Å². The van der Waals surface area contributed by atoms with E-state index in [0.29, 0.717) is 13.0 Å². The number of ether oxygens (including phenoxy) is 1. The van der Waals surface area contributed by atoms with E-state index in [1.165, 1.54) is 0 Å². The van der Waals surface area contributed by atoms with Crippen LogP contribution in [0, 0.1) is 6.92 Å². The van der Waals surface area contributed by atoms with Gasteiger partial charge in [0.15, 0.2) is 5.65 Å². The maximum absolute atomic E-state index is 5.60. The number of rotatable bonds is 4. The Kier molecular flexibility index (Phi) is 3.53. The molecule has 2 N–H and O–H groups in total. The Labute approximate surface area is 122 Å². The summed E-state index contributed by atoms with van der Waals surface area (Å²) in [6.07, 6.45) is 0.686. The first-order valence-electron chi connectivity index (χ1n) is 6.79. The molecule has 21 heavy (non-hydrogen) atoms. The van der Waals surface area contributed by atoms with Crippen molar-refractivity contribution >= 4 is 5.65 Å². The van der Waals surface area contributed by atoms with Gasteiger partial charge in [-0.15, -0.1) is 10.2 Å². The summed E-state index contributed by atoms with van der Waals surface area (Å²) in [7, 11) is 1.65. The van der Waals surface area contributed by atoms with Crippen LogP contribution in [0.15, 0.2) is 30.3 Å². The molecule has 0 amide bonds. The van der Waals surface area contributed by atoms with E-state index >= 15 is 0 Å². The van der Waals surface area contributed by atoms with Gasteiger partial charge in [-0.25, -0.2) is 4.98 Å². The predicted octanol–water partition coefficient (Wildman–Crippen LogP) is 1.61. The first-order chi connectivity index (χ1) is 10.2. The highest BCUT2D eigenvalue weighted by atomic mass is 16.5. The average molecular weight is 283 g/mol. The molecule has 2 aromatic heterocycles. The molecule has 0 atom stereocenters. The molecule has 0 unspecified atom stereocenters. The molecule has 108 valence electrons. The summed E-state index contributed by atoms with van der Waals surface area (Å²) in [6, 6.07) is 9.73. The van der Waals surface area contributed by atoms with Gasteiger partial charge in [-0.1, -0.05) is 0 Å². The molecule has 6 nitrogen and oxygen atoms in total. The molecule has 2 heterocycles. The van der Waals surface area contributed by atoms with Crippen molar-refractivity contribution in [3.8, 4) is 17.0 Å². The van der Waals surface area contributed by atoms with Gasteiger partial charge in [0.05, 0.1) is 12.8 Å². The second kappa shape index (κ2) is 5.49. The lowest BCUT2D eigenvalue weighted by Gasteiger charge is -2.07. The van der Waals surface area contributed by atoms with Gasteiger partial charge in [-0.2, -0.15) is 0 Å². The smallest absolute Gasteiger partial charge is 0.164 e. The Morgan fingerprint density at radius 3 is 2.62 bits per heavy atom. The van der Waals surface area contributed by atoms with Gasteiger partial charge in [0.1, 0.15) is 17.4 Å². The van der Waals surface area contributed by atoms with Crippen LogP contribution >= 0.6 is 0 Å². The number of nitrogens with two attached hydrogens (primary N) is 1. The molecule has 6 heteroatoms. The molecule has 0 aliphatic carbocycles. The lowest BCUT2D eigenvalue weighted by Crippen LogP contribution is -2.08. The van der Waals surface area contributed by atoms with E-state index in [2.05, 4.69) is 15.2 Å². The van der Waals surface area contributed by atoms with Gasteiger partial charge >= 0.3 is 0 Å². The summed E-state index contributed by atoms with van der Waals surface area (Å²) in [5.74, 6) is 2.52. The maximum atomic E-state index is 5.60. The van der Waals surface area contributed by atoms with Gasteiger partial charge in [-0.3, -0.25) is 4.40 Å². The third-order valence-electron chi connectivity index (χ3n) is 3.38. The lowest BCUT2D eigenvalue weighted by molar-refractivity contribution is 0.415. The fraction of sp³-hybridized carbons (Fsp3) is 0.267. The minimum Gasteiger partial charge on any atom is -0.497 e. The fourth-order valence-corrected chi connectivity index (χ4v) is 2.36. The Hall–Kier alpha value is -2.47. The third kappa shape index (κ3) is 2.45. The van der Waals surface area contributed by atoms with Crippen molar-refractivity contribution in [1.29, 1.82) is 0 Å². The largest absolute Gasteiger partial charge is 0.497 e. The molecular weight excluding hydrogens is 266 g/mol. The number of hydrogen-bond donors (Lipinski definition) is 1. The molecule has 3 rings (SSSR count). The van der Waals surface area contributed by atoms with Crippen molar-refractivity contribution in [2.24, 2.45) is 5.73 Å². The molecule has 0 spiro atoms. The molecule has 0 saturated carbocycles. The van der Waals surface area contributed by atoms with Gasteiger partial charge < -0.3 is 10.5 Å². The number of nitrogens with zero attached hydrogens (tertiary/aromatic N) is 4. The average Bonchev–Trinajstić information content (AvgIpc) is 2.91. The van der Waals surface area contributed by atoms with Gasteiger partial charge in [0.2, 0.25) is 0 Å². The zero-order valence-electron chi connectivity index (χ0n) is 12.1. The summed E-state index contributed by atoms with van der Waals surface area (Å²) >= 11 is 0. The second-order valence-electron chi connectivity index (χ2n) is 4.77. The molecule has 0 aliphatic heterocycles. The maximum Gasteiger partial charge on any atom is 0.164 e. The van der Waals surface area contributed by atoms with Crippen LogP contribution in [0.5, 0.6) is 5.75 Å². The van der Waals surface area contributed by atoms with Crippen molar-refractivity contribution in [2.45, 2.75) is 13.3 Å². The Morgan fingerprint density at radius 1 is 1.19 bits per heavy atom. The molecule has 0 saturated heterocycles. The standard InChI is InChI=1S/C15H17N5O/c1-10-17-13(11-3-5-12(21-2)6-4-11)9-15-19-18-14(7-8-16)20(10)15/h3-6,9H,7-8,16H2,1-2H3. The van der Waals surface area contributed by atoms with Crippen molar-refractivity contribution in [3.05, 3.63) is 42.0 Å². The van der Waals surface area contributed by atoms with E-state index in [4.69, 9.17) is 10.5 Å². The van der Waals surface area contributed by atoms with E-state index in [-0.39, 0.29) is 0 Å². The monoisotopic (exact) mass is 283 g/mol. The van der Waals surface area contributed by atoms with Gasteiger partial charge in [0, 0.05) is 18.1 Å². The quantitative estimate of drug-likeness (QED) is 0.787. The van der Waals surface area contributed by atoms with Gasteiger partial charge in [-0.05, 0) is 37.7 Å². The summed E-state index contributed by atoms with van der Waals surface area (Å²) in [4.78, 5) is 4.64. The van der Waals surface area contributed by atoms with Crippen molar-refractivity contribution in [2.75, 3.05) is 13.7 Å². The summed E-state index contributed by atoms with van der Waals surface area (Å²) < 4.78 is 7.11.